The first kappa shape index (κ1) is 8.94. The van der Waals surface area contributed by atoms with E-state index in [0.29, 0.717) is 6.42 Å². The zero-order valence-electron chi connectivity index (χ0n) is 7.08. The van der Waals surface area contributed by atoms with Crippen LogP contribution in [0.5, 0.6) is 0 Å². The van der Waals surface area contributed by atoms with Crippen LogP contribution in [-0.4, -0.2) is 6.29 Å². The van der Waals surface area contributed by atoms with Gasteiger partial charge in [-0.25, -0.2) is 0 Å². The zero-order chi connectivity index (χ0) is 8.97. The van der Waals surface area contributed by atoms with E-state index in [-0.39, 0.29) is 6.04 Å². The highest BCUT2D eigenvalue weighted by atomic mass is 16.1. The summed E-state index contributed by atoms with van der Waals surface area (Å²) >= 11 is 0. The molecule has 2 N–H and O–H groups in total. The smallest absolute Gasteiger partial charge is 0.203 e. The molecule has 0 fully saturated rings. The number of benzene rings is 1. The highest BCUT2D eigenvalue weighted by Gasteiger charge is 1.98. The van der Waals surface area contributed by atoms with Crippen LogP contribution in [0.2, 0.25) is 0 Å². The van der Waals surface area contributed by atoms with Crippen molar-refractivity contribution < 1.29 is 4.79 Å². The predicted molar refractivity (Wildman–Crippen MR) is 48.4 cm³/mol. The van der Waals surface area contributed by atoms with Crippen LogP contribution in [0.3, 0.4) is 0 Å². The summed E-state index contributed by atoms with van der Waals surface area (Å²) in [5.41, 5.74) is 7.73. The molecule has 0 amide bonds. The Kier molecular flexibility index (Phi) is 3.00. The number of hydrogen-bond donors (Lipinski definition) is 1. The lowest BCUT2D eigenvalue weighted by Gasteiger charge is -2.04. The lowest BCUT2D eigenvalue weighted by molar-refractivity contribution is 0.555. The highest BCUT2D eigenvalue weighted by molar-refractivity contribution is 5.55. The molecule has 0 aromatic heterocycles. The van der Waals surface area contributed by atoms with E-state index in [1.807, 2.05) is 37.5 Å². The molecule has 1 aromatic rings. The van der Waals surface area contributed by atoms with E-state index in [1.54, 1.807) is 0 Å². The van der Waals surface area contributed by atoms with Gasteiger partial charge in [-0.3, -0.25) is 4.79 Å². The molecule has 0 aliphatic heterocycles. The Morgan fingerprint density at radius 1 is 1.42 bits per heavy atom. The van der Waals surface area contributed by atoms with Gasteiger partial charge in [0.2, 0.25) is 6.29 Å². The summed E-state index contributed by atoms with van der Waals surface area (Å²) in [5, 5.41) is 0. The molecular formula is C10H12NO. The maximum atomic E-state index is 10.0. The quantitative estimate of drug-likeness (QED) is 0.729. The molecule has 0 aliphatic rings. The Hall–Kier alpha value is -1.15. The van der Waals surface area contributed by atoms with Gasteiger partial charge in [0.15, 0.2) is 0 Å². The van der Waals surface area contributed by atoms with E-state index >= 15 is 0 Å². The number of nitrogens with two attached hydrogens (primary N) is 1. The van der Waals surface area contributed by atoms with Gasteiger partial charge in [0, 0.05) is 12.5 Å². The van der Waals surface area contributed by atoms with Crippen molar-refractivity contribution >= 4 is 6.29 Å². The second kappa shape index (κ2) is 4.02. The molecule has 0 bridgehead atoms. The lowest BCUT2D eigenvalue weighted by atomic mass is 10.1. The van der Waals surface area contributed by atoms with Crippen molar-refractivity contribution in [1.82, 2.24) is 0 Å². The lowest BCUT2D eigenvalue weighted by Crippen LogP contribution is -2.04. The first-order chi connectivity index (χ1) is 5.74. The van der Waals surface area contributed by atoms with Gasteiger partial charge in [0.25, 0.3) is 0 Å². The van der Waals surface area contributed by atoms with Gasteiger partial charge in [-0.1, -0.05) is 24.3 Å². The van der Waals surface area contributed by atoms with Crippen molar-refractivity contribution in [3.8, 4) is 0 Å². The molecule has 0 aliphatic carbocycles. The maximum absolute atomic E-state index is 10.0. The minimum absolute atomic E-state index is 0.0549. The second-order valence-electron chi connectivity index (χ2n) is 2.85. The van der Waals surface area contributed by atoms with E-state index in [1.165, 1.54) is 0 Å². The molecule has 0 heterocycles. The normalized spacial score (nSPS) is 12.5. The molecule has 63 valence electrons. The first-order valence-corrected chi connectivity index (χ1v) is 3.93. The summed E-state index contributed by atoms with van der Waals surface area (Å²) in [6, 6.07) is 7.75. The van der Waals surface area contributed by atoms with Crippen molar-refractivity contribution in [2.75, 3.05) is 0 Å². The number of carbonyl (C=O) groups excluding carboxylic acids is 1. The number of hydrogen-bond acceptors (Lipinski definition) is 2. The first-order valence-electron chi connectivity index (χ1n) is 3.93. The van der Waals surface area contributed by atoms with Crippen molar-refractivity contribution in [3.63, 3.8) is 0 Å². The molecule has 1 unspecified atom stereocenters. The minimum Gasteiger partial charge on any atom is -0.324 e. The Morgan fingerprint density at radius 3 is 2.42 bits per heavy atom. The van der Waals surface area contributed by atoms with Gasteiger partial charge in [0.1, 0.15) is 0 Å². The monoisotopic (exact) mass is 162 g/mol. The summed E-state index contributed by atoms with van der Waals surface area (Å²) < 4.78 is 0. The van der Waals surface area contributed by atoms with Gasteiger partial charge in [-0.05, 0) is 18.1 Å². The van der Waals surface area contributed by atoms with Crippen molar-refractivity contribution in [3.05, 3.63) is 35.4 Å². The van der Waals surface area contributed by atoms with E-state index in [4.69, 9.17) is 5.73 Å². The van der Waals surface area contributed by atoms with E-state index < -0.39 is 0 Å². The Labute approximate surface area is 72.4 Å². The summed E-state index contributed by atoms with van der Waals surface area (Å²) in [6.07, 6.45) is 2.21. The molecule has 0 spiro atoms. The van der Waals surface area contributed by atoms with E-state index in [0.717, 1.165) is 11.1 Å². The van der Waals surface area contributed by atoms with Crippen molar-refractivity contribution in [2.45, 2.75) is 19.4 Å². The molecule has 1 rings (SSSR count). The van der Waals surface area contributed by atoms with Crippen LogP contribution >= 0.6 is 0 Å². The largest absolute Gasteiger partial charge is 0.324 e. The highest BCUT2D eigenvalue weighted by Crippen LogP contribution is 2.10. The fraction of sp³-hybridized carbons (Fsp3) is 0.300. The van der Waals surface area contributed by atoms with Crippen LogP contribution < -0.4 is 5.73 Å². The summed E-state index contributed by atoms with van der Waals surface area (Å²) in [4.78, 5) is 10.0. The molecule has 2 nitrogen and oxygen atoms in total. The summed E-state index contributed by atoms with van der Waals surface area (Å²) in [7, 11) is 0. The average Bonchev–Trinajstić information content (AvgIpc) is 2.06. The third-order valence-corrected chi connectivity index (χ3v) is 1.78. The van der Waals surface area contributed by atoms with Gasteiger partial charge >= 0.3 is 0 Å². The van der Waals surface area contributed by atoms with Gasteiger partial charge in [-0.2, -0.15) is 0 Å². The van der Waals surface area contributed by atoms with Gasteiger partial charge < -0.3 is 5.73 Å². The third-order valence-electron chi connectivity index (χ3n) is 1.78. The molecule has 1 aromatic carbocycles. The van der Waals surface area contributed by atoms with Crippen LogP contribution in [0.25, 0.3) is 0 Å². The average molecular weight is 162 g/mol. The van der Waals surface area contributed by atoms with Crippen LogP contribution in [0, 0.1) is 0 Å². The molecule has 1 radical (unpaired) electrons. The molecule has 0 saturated heterocycles. The maximum Gasteiger partial charge on any atom is 0.203 e. The van der Waals surface area contributed by atoms with Gasteiger partial charge in [-0.15, -0.1) is 0 Å². The van der Waals surface area contributed by atoms with Crippen LogP contribution in [0.4, 0.5) is 0 Å². The molecule has 1 atom stereocenters. The van der Waals surface area contributed by atoms with Crippen molar-refractivity contribution in [2.24, 2.45) is 5.73 Å². The van der Waals surface area contributed by atoms with Crippen LogP contribution in [0.1, 0.15) is 24.1 Å². The van der Waals surface area contributed by atoms with E-state index in [2.05, 4.69) is 0 Å². The molecule has 0 saturated carbocycles. The van der Waals surface area contributed by atoms with Gasteiger partial charge in [0.05, 0.1) is 0 Å². The topological polar surface area (TPSA) is 43.1 Å². The van der Waals surface area contributed by atoms with Crippen molar-refractivity contribution in [1.29, 1.82) is 0 Å². The second-order valence-corrected chi connectivity index (χ2v) is 2.85. The molecule has 12 heavy (non-hydrogen) atoms. The summed E-state index contributed by atoms with van der Waals surface area (Å²) in [6.45, 7) is 1.93. The molecule has 2 heteroatoms. The molecular weight excluding hydrogens is 150 g/mol. The summed E-state index contributed by atoms with van der Waals surface area (Å²) in [5.74, 6) is 0. The zero-order valence-corrected chi connectivity index (χ0v) is 7.08. The standard InChI is InChI=1S/C10H12NO/c1-8(11)10-4-2-9(3-5-10)6-7-12/h2-5,8H,6,11H2,1H3. The SMILES string of the molecule is CC(N)c1ccc(C[C]=O)cc1. The minimum atomic E-state index is 0.0549. The third kappa shape index (κ3) is 2.17. The Bertz CT molecular complexity index is 251. The number of rotatable bonds is 3. The predicted octanol–water partition coefficient (Wildman–Crippen LogP) is 1.36. The van der Waals surface area contributed by atoms with E-state index in [9.17, 15) is 4.79 Å². The Balaban J connectivity index is 2.78. The van der Waals surface area contributed by atoms with Crippen LogP contribution in [-0.2, 0) is 11.2 Å². The fourth-order valence-corrected chi connectivity index (χ4v) is 1.02. The Morgan fingerprint density at radius 2 is 2.00 bits per heavy atom. The fourth-order valence-electron chi connectivity index (χ4n) is 1.02. The van der Waals surface area contributed by atoms with Crippen LogP contribution in [0.15, 0.2) is 24.3 Å².